The lowest BCUT2D eigenvalue weighted by molar-refractivity contribution is -0.124. The van der Waals surface area contributed by atoms with E-state index in [1.807, 2.05) is 0 Å². The lowest BCUT2D eigenvalue weighted by Crippen LogP contribution is -2.35. The molecule has 3 nitrogen and oxygen atoms in total. The van der Waals surface area contributed by atoms with E-state index in [0.29, 0.717) is 5.25 Å². The fourth-order valence-electron chi connectivity index (χ4n) is 1.35. The molecule has 0 spiro atoms. The number of amides is 1. The lowest BCUT2D eigenvalue weighted by Gasteiger charge is -2.12. The van der Waals surface area contributed by atoms with Crippen LogP contribution >= 0.6 is 24.2 Å². The van der Waals surface area contributed by atoms with Crippen molar-refractivity contribution >= 4 is 30.1 Å². The number of carbonyl (C=O) groups excluding carboxylic acids is 1. The van der Waals surface area contributed by atoms with Crippen LogP contribution in [0.25, 0.3) is 0 Å². The maximum atomic E-state index is 11.5. The summed E-state index contributed by atoms with van der Waals surface area (Å²) in [4.78, 5) is 11.5. The molecule has 0 aliphatic carbocycles. The van der Waals surface area contributed by atoms with Gasteiger partial charge in [0.2, 0.25) is 5.91 Å². The van der Waals surface area contributed by atoms with Crippen LogP contribution in [0.3, 0.4) is 0 Å². The molecule has 1 rings (SSSR count). The molecular weight excluding hydrogens is 220 g/mol. The molecule has 1 aliphatic rings. The van der Waals surface area contributed by atoms with Crippen molar-refractivity contribution in [3.8, 4) is 0 Å². The molecule has 2 N–H and O–H groups in total. The third-order valence-electron chi connectivity index (χ3n) is 2.40. The molecule has 1 aliphatic heterocycles. The van der Waals surface area contributed by atoms with E-state index in [4.69, 9.17) is 0 Å². The van der Waals surface area contributed by atoms with Crippen molar-refractivity contribution in [2.75, 3.05) is 25.9 Å². The Morgan fingerprint density at radius 1 is 1.71 bits per heavy atom. The van der Waals surface area contributed by atoms with E-state index < -0.39 is 0 Å². The number of hydrogen-bond donors (Lipinski definition) is 2. The number of thioether (sulfide) groups is 1. The minimum atomic E-state index is 0. The number of carbonyl (C=O) groups is 1. The van der Waals surface area contributed by atoms with Gasteiger partial charge in [0.25, 0.3) is 0 Å². The zero-order valence-corrected chi connectivity index (χ0v) is 10.3. The first-order valence-corrected chi connectivity index (χ1v) is 6.04. The Morgan fingerprint density at radius 2 is 2.43 bits per heavy atom. The van der Waals surface area contributed by atoms with Crippen LogP contribution in [0, 0.1) is 5.92 Å². The van der Waals surface area contributed by atoms with Gasteiger partial charge in [0.15, 0.2) is 0 Å². The van der Waals surface area contributed by atoms with E-state index in [-0.39, 0.29) is 24.2 Å². The standard InChI is InChI=1S/C9H18N2OS.ClH/c1-7(13-2)5-11-9(12)8-3-4-10-6-8;/h7-8,10H,3-6H2,1-2H3,(H,11,12);1H/t7?,8-;/m0./s1. The topological polar surface area (TPSA) is 41.1 Å². The lowest BCUT2D eigenvalue weighted by atomic mass is 10.1. The largest absolute Gasteiger partial charge is 0.355 e. The minimum Gasteiger partial charge on any atom is -0.355 e. The Hall–Kier alpha value is 0.0700. The molecule has 14 heavy (non-hydrogen) atoms. The van der Waals surface area contributed by atoms with Crippen LogP contribution in [-0.2, 0) is 4.79 Å². The van der Waals surface area contributed by atoms with Crippen molar-refractivity contribution in [2.45, 2.75) is 18.6 Å². The van der Waals surface area contributed by atoms with Crippen LogP contribution in [0.5, 0.6) is 0 Å². The highest BCUT2D eigenvalue weighted by Gasteiger charge is 2.21. The Labute approximate surface area is 96.2 Å². The summed E-state index contributed by atoms with van der Waals surface area (Å²) in [5, 5.41) is 6.68. The van der Waals surface area contributed by atoms with Crippen LogP contribution in [-0.4, -0.2) is 37.0 Å². The van der Waals surface area contributed by atoms with Gasteiger partial charge in [-0.3, -0.25) is 4.79 Å². The molecule has 84 valence electrons. The summed E-state index contributed by atoms with van der Waals surface area (Å²) in [6.45, 7) is 4.74. The second-order valence-electron chi connectivity index (χ2n) is 3.48. The molecule has 1 saturated heterocycles. The minimum absolute atomic E-state index is 0. The molecule has 1 amide bonds. The van der Waals surface area contributed by atoms with Gasteiger partial charge in [-0.25, -0.2) is 0 Å². The van der Waals surface area contributed by atoms with Gasteiger partial charge in [-0.15, -0.1) is 12.4 Å². The average Bonchev–Trinajstić information content (AvgIpc) is 2.66. The van der Waals surface area contributed by atoms with E-state index in [0.717, 1.165) is 26.1 Å². The van der Waals surface area contributed by atoms with E-state index in [9.17, 15) is 4.79 Å². The predicted octanol–water partition coefficient (Wildman–Crippen LogP) is 0.885. The van der Waals surface area contributed by atoms with Crippen LogP contribution in [0.4, 0.5) is 0 Å². The Kier molecular flexibility index (Phi) is 7.41. The van der Waals surface area contributed by atoms with Crippen LogP contribution in [0.2, 0.25) is 0 Å². The first kappa shape index (κ1) is 14.1. The number of hydrogen-bond acceptors (Lipinski definition) is 3. The fraction of sp³-hybridized carbons (Fsp3) is 0.889. The molecular formula is C9H19ClN2OS. The third-order valence-corrected chi connectivity index (χ3v) is 3.37. The normalized spacial score (nSPS) is 22.6. The number of nitrogens with one attached hydrogen (secondary N) is 2. The van der Waals surface area contributed by atoms with Crippen molar-refractivity contribution in [3.63, 3.8) is 0 Å². The molecule has 2 atom stereocenters. The summed E-state index contributed by atoms with van der Waals surface area (Å²) in [6, 6.07) is 0. The summed E-state index contributed by atoms with van der Waals surface area (Å²) >= 11 is 1.78. The molecule has 0 aromatic carbocycles. The van der Waals surface area contributed by atoms with Crippen LogP contribution in [0.1, 0.15) is 13.3 Å². The van der Waals surface area contributed by atoms with Gasteiger partial charge in [0.1, 0.15) is 0 Å². The van der Waals surface area contributed by atoms with E-state index in [2.05, 4.69) is 23.8 Å². The van der Waals surface area contributed by atoms with Crippen molar-refractivity contribution in [3.05, 3.63) is 0 Å². The van der Waals surface area contributed by atoms with Gasteiger partial charge in [0.05, 0.1) is 5.92 Å². The molecule has 0 radical (unpaired) electrons. The molecule has 1 fully saturated rings. The average molecular weight is 239 g/mol. The molecule has 0 aromatic heterocycles. The highest BCUT2D eigenvalue weighted by molar-refractivity contribution is 7.99. The van der Waals surface area contributed by atoms with E-state index in [1.54, 1.807) is 11.8 Å². The second kappa shape index (κ2) is 7.37. The van der Waals surface area contributed by atoms with Crippen molar-refractivity contribution in [2.24, 2.45) is 5.92 Å². The predicted molar refractivity (Wildman–Crippen MR) is 64.2 cm³/mol. The second-order valence-corrected chi connectivity index (χ2v) is 4.76. The summed E-state index contributed by atoms with van der Waals surface area (Å²) in [5.41, 5.74) is 0. The summed E-state index contributed by atoms with van der Waals surface area (Å²) < 4.78 is 0. The van der Waals surface area contributed by atoms with E-state index >= 15 is 0 Å². The van der Waals surface area contributed by atoms with Gasteiger partial charge in [-0.2, -0.15) is 11.8 Å². The Morgan fingerprint density at radius 3 is 2.93 bits per heavy atom. The molecule has 1 unspecified atom stereocenters. The van der Waals surface area contributed by atoms with Crippen LogP contribution in [0.15, 0.2) is 0 Å². The Balaban J connectivity index is 0.00000169. The number of halogens is 1. The van der Waals surface area contributed by atoms with Gasteiger partial charge in [-0.1, -0.05) is 6.92 Å². The van der Waals surface area contributed by atoms with Gasteiger partial charge >= 0.3 is 0 Å². The molecule has 0 bridgehead atoms. The molecule has 5 heteroatoms. The highest BCUT2D eigenvalue weighted by atomic mass is 35.5. The maximum Gasteiger partial charge on any atom is 0.224 e. The summed E-state index contributed by atoms with van der Waals surface area (Å²) in [7, 11) is 0. The number of rotatable bonds is 4. The Bertz CT molecular complexity index is 174. The molecule has 0 aromatic rings. The van der Waals surface area contributed by atoms with Crippen molar-refractivity contribution < 1.29 is 4.79 Å². The first-order chi connectivity index (χ1) is 6.24. The summed E-state index contributed by atoms with van der Waals surface area (Å²) in [6.07, 6.45) is 3.05. The first-order valence-electron chi connectivity index (χ1n) is 4.75. The van der Waals surface area contributed by atoms with Crippen LogP contribution < -0.4 is 10.6 Å². The van der Waals surface area contributed by atoms with Crippen molar-refractivity contribution in [1.29, 1.82) is 0 Å². The van der Waals surface area contributed by atoms with Gasteiger partial charge in [-0.05, 0) is 19.2 Å². The fourth-order valence-corrected chi connectivity index (χ4v) is 1.60. The van der Waals surface area contributed by atoms with Crippen molar-refractivity contribution in [1.82, 2.24) is 10.6 Å². The van der Waals surface area contributed by atoms with Gasteiger partial charge < -0.3 is 10.6 Å². The van der Waals surface area contributed by atoms with Gasteiger partial charge in [0, 0.05) is 18.3 Å². The summed E-state index contributed by atoms with van der Waals surface area (Å²) in [5.74, 6) is 0.417. The zero-order chi connectivity index (χ0) is 9.68. The quantitative estimate of drug-likeness (QED) is 0.764. The zero-order valence-electron chi connectivity index (χ0n) is 8.71. The third kappa shape index (κ3) is 4.53. The molecule has 1 heterocycles. The van der Waals surface area contributed by atoms with E-state index in [1.165, 1.54) is 0 Å². The maximum absolute atomic E-state index is 11.5. The monoisotopic (exact) mass is 238 g/mol. The highest BCUT2D eigenvalue weighted by Crippen LogP contribution is 2.08. The SMILES string of the molecule is CSC(C)CNC(=O)[C@H]1CCNC1.Cl. The smallest absolute Gasteiger partial charge is 0.224 e. The molecule has 0 saturated carbocycles.